The van der Waals surface area contributed by atoms with Crippen molar-refractivity contribution >= 4 is 5.91 Å². The van der Waals surface area contributed by atoms with E-state index in [1.54, 1.807) is 0 Å². The zero-order valence-electron chi connectivity index (χ0n) is 8.17. The number of aliphatic hydroxyl groups excluding tert-OH is 3. The lowest BCUT2D eigenvalue weighted by molar-refractivity contribution is -0.123. The molecule has 15 heavy (non-hydrogen) atoms. The molecule has 1 heterocycles. The maximum absolute atomic E-state index is 10.8. The summed E-state index contributed by atoms with van der Waals surface area (Å²) in [5.74, 6) is -1.42. The van der Waals surface area contributed by atoms with Crippen molar-refractivity contribution in [3.63, 3.8) is 0 Å². The van der Waals surface area contributed by atoms with Gasteiger partial charge < -0.3 is 31.1 Å². The lowest BCUT2D eigenvalue weighted by Crippen LogP contribution is -2.55. The molecule has 0 aromatic rings. The van der Waals surface area contributed by atoms with E-state index >= 15 is 0 Å². The fraction of sp³-hybridized carbons (Fsp3) is 0.625. The van der Waals surface area contributed by atoms with Crippen LogP contribution >= 0.6 is 0 Å². The number of hydrogen-bond donors (Lipinski definition) is 5. The number of rotatable bonds is 2. The summed E-state index contributed by atoms with van der Waals surface area (Å²) in [4.78, 5) is 10.8. The highest BCUT2D eigenvalue weighted by atomic mass is 16.5. The van der Waals surface area contributed by atoms with Crippen LogP contribution in [0.1, 0.15) is 6.92 Å². The van der Waals surface area contributed by atoms with Gasteiger partial charge in [0.25, 0.3) is 0 Å². The summed E-state index contributed by atoms with van der Waals surface area (Å²) in [7, 11) is 0. The van der Waals surface area contributed by atoms with Crippen molar-refractivity contribution in [2.24, 2.45) is 5.73 Å². The first-order chi connectivity index (χ1) is 6.97. The second-order valence-electron chi connectivity index (χ2n) is 3.22. The van der Waals surface area contributed by atoms with E-state index in [9.17, 15) is 15.0 Å². The van der Waals surface area contributed by atoms with Gasteiger partial charge in [0.1, 0.15) is 18.4 Å². The largest absolute Gasteiger partial charge is 0.507 e. The molecule has 1 aliphatic heterocycles. The van der Waals surface area contributed by atoms with Crippen molar-refractivity contribution < 1.29 is 24.9 Å². The van der Waals surface area contributed by atoms with Gasteiger partial charge in [0.15, 0.2) is 11.5 Å². The molecule has 0 fully saturated rings. The Kier molecular flexibility index (Phi) is 3.51. The van der Waals surface area contributed by atoms with Crippen LogP contribution in [0.4, 0.5) is 0 Å². The Morgan fingerprint density at radius 1 is 1.53 bits per heavy atom. The van der Waals surface area contributed by atoms with E-state index < -0.39 is 42.4 Å². The first-order valence-electron chi connectivity index (χ1n) is 4.38. The van der Waals surface area contributed by atoms with E-state index in [0.29, 0.717) is 0 Å². The van der Waals surface area contributed by atoms with Crippen LogP contribution in [-0.4, -0.2) is 46.2 Å². The van der Waals surface area contributed by atoms with Crippen molar-refractivity contribution in [1.82, 2.24) is 5.32 Å². The van der Waals surface area contributed by atoms with E-state index in [2.05, 4.69) is 5.32 Å². The van der Waals surface area contributed by atoms with Crippen LogP contribution in [0, 0.1) is 0 Å². The quantitative estimate of drug-likeness (QED) is 0.384. The van der Waals surface area contributed by atoms with Gasteiger partial charge in [0.05, 0.1) is 6.61 Å². The van der Waals surface area contributed by atoms with Crippen molar-refractivity contribution in [2.75, 3.05) is 6.61 Å². The highest BCUT2D eigenvalue weighted by molar-refractivity contribution is 5.73. The molecule has 0 spiro atoms. The van der Waals surface area contributed by atoms with E-state index in [1.165, 1.54) is 6.92 Å². The fourth-order valence-corrected chi connectivity index (χ4v) is 1.31. The number of aliphatic hydroxyl groups is 3. The molecule has 0 saturated heterocycles. The summed E-state index contributed by atoms with van der Waals surface area (Å²) >= 11 is 0. The number of ether oxygens (including phenoxy) is 1. The summed E-state index contributed by atoms with van der Waals surface area (Å²) in [6.07, 6.45) is -2.06. The molecule has 3 atom stereocenters. The Morgan fingerprint density at radius 2 is 2.13 bits per heavy atom. The molecule has 1 amide bonds. The summed E-state index contributed by atoms with van der Waals surface area (Å²) in [5, 5.41) is 30.0. The Balaban J connectivity index is 2.89. The third kappa shape index (κ3) is 2.38. The minimum Gasteiger partial charge on any atom is -0.507 e. The molecule has 6 N–H and O–H groups in total. The average molecular weight is 218 g/mol. The molecule has 0 aromatic heterocycles. The third-order valence-electron chi connectivity index (χ3n) is 2.04. The van der Waals surface area contributed by atoms with Crippen LogP contribution in [0.15, 0.2) is 11.5 Å². The molecule has 0 aromatic carbocycles. The van der Waals surface area contributed by atoms with Crippen LogP contribution in [0.5, 0.6) is 0 Å². The van der Waals surface area contributed by atoms with Crippen LogP contribution < -0.4 is 11.1 Å². The molecular weight excluding hydrogens is 204 g/mol. The van der Waals surface area contributed by atoms with Gasteiger partial charge in [0, 0.05) is 6.92 Å². The van der Waals surface area contributed by atoms with E-state index in [1.807, 2.05) is 0 Å². The summed E-state index contributed by atoms with van der Waals surface area (Å²) in [6.45, 7) is 0.742. The molecule has 86 valence electrons. The molecule has 7 heteroatoms. The molecule has 0 unspecified atom stereocenters. The maximum atomic E-state index is 10.8. The smallest absolute Gasteiger partial charge is 0.217 e. The second kappa shape index (κ2) is 4.47. The Morgan fingerprint density at radius 3 is 2.60 bits per heavy atom. The zero-order chi connectivity index (χ0) is 11.6. The van der Waals surface area contributed by atoms with Gasteiger partial charge in [-0.05, 0) is 0 Å². The number of nitrogens with two attached hydrogens (primary N) is 1. The third-order valence-corrected chi connectivity index (χ3v) is 2.04. The van der Waals surface area contributed by atoms with Crippen LogP contribution in [0.3, 0.4) is 0 Å². The number of carbonyl (C=O) groups is 1. The van der Waals surface area contributed by atoms with Gasteiger partial charge in [-0.1, -0.05) is 0 Å². The number of amides is 1. The van der Waals surface area contributed by atoms with Gasteiger partial charge in [-0.3, -0.25) is 4.79 Å². The highest BCUT2D eigenvalue weighted by Gasteiger charge is 2.36. The minimum atomic E-state index is -1.05. The molecule has 1 aliphatic rings. The van der Waals surface area contributed by atoms with Crippen molar-refractivity contribution in [2.45, 2.75) is 25.3 Å². The first-order valence-corrected chi connectivity index (χ1v) is 4.38. The maximum Gasteiger partial charge on any atom is 0.217 e. The highest BCUT2D eigenvalue weighted by Crippen LogP contribution is 2.20. The lowest BCUT2D eigenvalue weighted by Gasteiger charge is -2.32. The number of hydrogen-bond acceptors (Lipinski definition) is 6. The van der Waals surface area contributed by atoms with Gasteiger partial charge in [-0.2, -0.15) is 0 Å². The molecule has 0 radical (unpaired) electrons. The van der Waals surface area contributed by atoms with Crippen molar-refractivity contribution in [3.8, 4) is 0 Å². The monoisotopic (exact) mass is 218 g/mol. The Labute approximate surface area is 86.1 Å². The summed E-state index contributed by atoms with van der Waals surface area (Å²) < 4.78 is 4.98. The van der Waals surface area contributed by atoms with E-state index in [4.69, 9.17) is 15.6 Å². The average Bonchev–Trinajstić information content (AvgIpc) is 2.18. The molecule has 7 nitrogen and oxygen atoms in total. The van der Waals surface area contributed by atoms with Gasteiger partial charge >= 0.3 is 0 Å². The standard InChI is InChI=1S/C8H14N2O5/c1-3(12)10-5-7(14)6(13)4(2-11)15-8(5)9/h4-5,8,11,13-14H,2,9H2,1H3,(H,10,12)/t4-,5-,8-/m1/s1. The second-order valence-corrected chi connectivity index (χ2v) is 3.22. The van der Waals surface area contributed by atoms with Crippen LogP contribution in [0.2, 0.25) is 0 Å². The lowest BCUT2D eigenvalue weighted by atomic mass is 10.1. The number of nitrogens with one attached hydrogen (secondary N) is 1. The molecule has 0 saturated carbocycles. The molecular formula is C8H14N2O5. The molecule has 1 rings (SSSR count). The number of carbonyl (C=O) groups excluding carboxylic acids is 1. The van der Waals surface area contributed by atoms with Gasteiger partial charge in [-0.15, -0.1) is 0 Å². The fourth-order valence-electron chi connectivity index (χ4n) is 1.31. The van der Waals surface area contributed by atoms with Crippen molar-refractivity contribution in [3.05, 3.63) is 11.5 Å². The summed E-state index contributed by atoms with van der Waals surface area (Å²) in [5.41, 5.74) is 5.49. The predicted molar refractivity (Wildman–Crippen MR) is 49.8 cm³/mol. The van der Waals surface area contributed by atoms with Crippen LogP contribution in [-0.2, 0) is 9.53 Å². The van der Waals surface area contributed by atoms with Gasteiger partial charge in [-0.25, -0.2) is 0 Å². The van der Waals surface area contributed by atoms with Gasteiger partial charge in [0.2, 0.25) is 5.91 Å². The summed E-state index contributed by atoms with van der Waals surface area (Å²) in [6, 6.07) is -0.995. The Bertz CT molecular complexity index is 291. The SMILES string of the molecule is CC(=O)N[C@@H]1C(O)=C(O)[C@@H](CO)O[C@H]1N. The van der Waals surface area contributed by atoms with E-state index in [-0.39, 0.29) is 0 Å². The predicted octanol–water partition coefficient (Wildman–Crippen LogP) is -1.51. The first kappa shape index (κ1) is 11.8. The van der Waals surface area contributed by atoms with Crippen LogP contribution in [0.25, 0.3) is 0 Å². The topological polar surface area (TPSA) is 125 Å². The van der Waals surface area contributed by atoms with Crippen molar-refractivity contribution in [1.29, 1.82) is 0 Å². The normalized spacial score (nSPS) is 31.5. The minimum absolute atomic E-state index is 0.416. The zero-order valence-corrected chi connectivity index (χ0v) is 8.17. The molecule has 0 aliphatic carbocycles. The molecule has 0 bridgehead atoms. The van der Waals surface area contributed by atoms with E-state index in [0.717, 1.165) is 0 Å². The Hall–Kier alpha value is -1.31.